The normalized spacial score (nSPS) is 12.6. The molecule has 0 fully saturated rings. The highest BCUT2D eigenvalue weighted by atomic mass is 32.1. The number of hydrogen-bond acceptors (Lipinski definition) is 5. The Kier molecular flexibility index (Phi) is 8.39. The average Bonchev–Trinajstić information content (AvgIpc) is 3.07. The van der Waals surface area contributed by atoms with E-state index < -0.39 is 0 Å². The van der Waals surface area contributed by atoms with E-state index in [2.05, 4.69) is 40.5 Å². The van der Waals surface area contributed by atoms with Gasteiger partial charge in [-0.05, 0) is 45.4 Å². The molecule has 27 heavy (non-hydrogen) atoms. The minimum absolute atomic E-state index is 0.0770. The second-order valence-electron chi connectivity index (χ2n) is 6.05. The first-order chi connectivity index (χ1) is 13.1. The molecule has 0 saturated heterocycles. The third-order valence-corrected chi connectivity index (χ3v) is 4.92. The monoisotopic (exact) mass is 390 g/mol. The third-order valence-electron chi connectivity index (χ3n) is 3.94. The Hall–Kier alpha value is -2.28. The third kappa shape index (κ3) is 6.43. The summed E-state index contributed by atoms with van der Waals surface area (Å²) in [5.41, 5.74) is 1.11. The second kappa shape index (κ2) is 10.8. The van der Waals surface area contributed by atoms with E-state index in [-0.39, 0.29) is 6.04 Å². The maximum Gasteiger partial charge on any atom is 0.191 e. The molecular formula is C20H30N4O2S. The van der Waals surface area contributed by atoms with E-state index in [1.54, 1.807) is 18.4 Å². The summed E-state index contributed by atoms with van der Waals surface area (Å²) >= 11 is 1.73. The van der Waals surface area contributed by atoms with Gasteiger partial charge < -0.3 is 20.1 Å². The number of aromatic nitrogens is 1. The molecule has 1 aromatic carbocycles. The van der Waals surface area contributed by atoms with Crippen molar-refractivity contribution in [1.29, 1.82) is 0 Å². The van der Waals surface area contributed by atoms with Gasteiger partial charge in [-0.1, -0.05) is 6.07 Å². The van der Waals surface area contributed by atoms with Gasteiger partial charge in [0.2, 0.25) is 0 Å². The van der Waals surface area contributed by atoms with Crippen LogP contribution in [0.4, 0.5) is 0 Å². The van der Waals surface area contributed by atoms with E-state index in [0.29, 0.717) is 13.2 Å². The van der Waals surface area contributed by atoms with Gasteiger partial charge in [-0.3, -0.25) is 4.99 Å². The molecule has 2 aromatic rings. The molecule has 7 heteroatoms. The molecule has 0 bridgehead atoms. The number of hydrogen-bond donors (Lipinski definition) is 2. The van der Waals surface area contributed by atoms with Crippen molar-refractivity contribution in [3.8, 4) is 11.5 Å². The van der Waals surface area contributed by atoms with Crippen LogP contribution in [0.15, 0.2) is 29.4 Å². The molecule has 0 aliphatic rings. The fourth-order valence-corrected chi connectivity index (χ4v) is 3.41. The van der Waals surface area contributed by atoms with E-state index in [9.17, 15) is 0 Å². The number of rotatable bonds is 9. The van der Waals surface area contributed by atoms with E-state index in [1.165, 1.54) is 4.88 Å². The molecule has 0 amide bonds. The van der Waals surface area contributed by atoms with Gasteiger partial charge in [0.15, 0.2) is 17.5 Å². The highest BCUT2D eigenvalue weighted by Crippen LogP contribution is 2.30. The average molecular weight is 391 g/mol. The molecule has 0 aliphatic carbocycles. The molecule has 1 heterocycles. The highest BCUT2D eigenvalue weighted by molar-refractivity contribution is 7.11. The summed E-state index contributed by atoms with van der Waals surface area (Å²) in [6, 6.07) is 6.12. The lowest BCUT2D eigenvalue weighted by Gasteiger charge is -2.20. The molecule has 0 aliphatic heterocycles. The second-order valence-corrected chi connectivity index (χ2v) is 7.37. The first kappa shape index (κ1) is 21.0. The van der Waals surface area contributed by atoms with Crippen LogP contribution < -0.4 is 20.1 Å². The summed E-state index contributed by atoms with van der Waals surface area (Å²) in [5, 5.41) is 7.91. The van der Waals surface area contributed by atoms with Crippen molar-refractivity contribution in [3.63, 3.8) is 0 Å². The fourth-order valence-electron chi connectivity index (χ4n) is 2.62. The van der Waals surface area contributed by atoms with Gasteiger partial charge in [0.05, 0.1) is 24.3 Å². The number of benzene rings is 1. The Labute approximate surface area is 166 Å². The fraction of sp³-hybridized carbons (Fsp3) is 0.500. The Balaban J connectivity index is 1.94. The van der Waals surface area contributed by atoms with Crippen LogP contribution in [0.1, 0.15) is 42.3 Å². The van der Waals surface area contributed by atoms with Crippen molar-refractivity contribution < 1.29 is 9.47 Å². The molecule has 2 rings (SSSR count). The quantitative estimate of drug-likeness (QED) is 0.505. The van der Waals surface area contributed by atoms with Gasteiger partial charge in [-0.15, -0.1) is 11.3 Å². The van der Waals surface area contributed by atoms with Crippen molar-refractivity contribution in [1.82, 2.24) is 15.6 Å². The molecule has 2 N–H and O–H groups in total. The molecule has 0 radical (unpaired) electrons. The van der Waals surface area contributed by atoms with Crippen LogP contribution in [0.5, 0.6) is 11.5 Å². The van der Waals surface area contributed by atoms with E-state index in [0.717, 1.165) is 41.0 Å². The van der Waals surface area contributed by atoms with Crippen LogP contribution in [0.3, 0.4) is 0 Å². The molecule has 0 spiro atoms. The van der Waals surface area contributed by atoms with Crippen molar-refractivity contribution in [2.75, 3.05) is 26.8 Å². The lowest BCUT2D eigenvalue weighted by Crippen LogP contribution is -2.39. The van der Waals surface area contributed by atoms with Crippen molar-refractivity contribution in [3.05, 3.63) is 39.8 Å². The molecule has 0 saturated carbocycles. The van der Waals surface area contributed by atoms with Crippen LogP contribution in [-0.4, -0.2) is 37.7 Å². The zero-order chi connectivity index (χ0) is 19.6. The molecule has 6 nitrogen and oxygen atoms in total. The summed E-state index contributed by atoms with van der Waals surface area (Å²) in [4.78, 5) is 9.94. The number of nitrogens with zero attached hydrogens (tertiary/aromatic N) is 2. The Morgan fingerprint density at radius 2 is 1.96 bits per heavy atom. The van der Waals surface area contributed by atoms with Crippen molar-refractivity contribution in [2.45, 2.75) is 40.2 Å². The maximum absolute atomic E-state index is 5.72. The van der Waals surface area contributed by atoms with Crippen molar-refractivity contribution in [2.24, 2.45) is 4.99 Å². The van der Waals surface area contributed by atoms with Crippen molar-refractivity contribution >= 4 is 17.3 Å². The van der Waals surface area contributed by atoms with Gasteiger partial charge in [0, 0.05) is 31.1 Å². The van der Waals surface area contributed by atoms with Gasteiger partial charge in [0.25, 0.3) is 0 Å². The minimum atomic E-state index is 0.0770. The van der Waals surface area contributed by atoms with Gasteiger partial charge >= 0.3 is 0 Å². The lowest BCUT2D eigenvalue weighted by molar-refractivity contribution is 0.287. The predicted octanol–water partition coefficient (Wildman–Crippen LogP) is 3.72. The van der Waals surface area contributed by atoms with Gasteiger partial charge in [-0.2, -0.15) is 0 Å². The summed E-state index contributed by atoms with van der Waals surface area (Å²) in [5.74, 6) is 2.31. The predicted molar refractivity (Wildman–Crippen MR) is 112 cm³/mol. The van der Waals surface area contributed by atoms with E-state index in [1.807, 2.05) is 32.2 Å². The summed E-state index contributed by atoms with van der Waals surface area (Å²) in [7, 11) is 1.78. The molecular weight excluding hydrogens is 360 g/mol. The van der Waals surface area contributed by atoms with Crippen LogP contribution in [0.2, 0.25) is 0 Å². The number of guanidine groups is 1. The number of aliphatic imine (C=N–C) groups is 1. The summed E-state index contributed by atoms with van der Waals surface area (Å²) in [6.07, 6.45) is 2.79. The molecule has 1 unspecified atom stereocenters. The maximum atomic E-state index is 5.72. The van der Waals surface area contributed by atoms with Crippen LogP contribution in [-0.2, 0) is 6.42 Å². The highest BCUT2D eigenvalue weighted by Gasteiger charge is 2.12. The largest absolute Gasteiger partial charge is 0.490 e. The molecule has 148 valence electrons. The molecule has 1 atom stereocenters. The standard InChI is InChI=1S/C20H30N4O2S/c1-6-25-17-9-8-16(12-18(17)26-7-2)15(4)24-20(21-5)22-11-10-19-23-13-14(3)27-19/h8-9,12-13,15H,6-7,10-11H2,1-5H3,(H2,21,22,24). The number of ether oxygens (including phenoxy) is 2. The first-order valence-corrected chi connectivity index (χ1v) is 10.2. The van der Waals surface area contributed by atoms with E-state index in [4.69, 9.17) is 9.47 Å². The Morgan fingerprint density at radius 3 is 2.59 bits per heavy atom. The van der Waals surface area contributed by atoms with E-state index >= 15 is 0 Å². The number of nitrogens with one attached hydrogen (secondary N) is 2. The smallest absolute Gasteiger partial charge is 0.191 e. The first-order valence-electron chi connectivity index (χ1n) is 9.35. The zero-order valence-corrected chi connectivity index (χ0v) is 17.7. The minimum Gasteiger partial charge on any atom is -0.490 e. The zero-order valence-electron chi connectivity index (χ0n) is 16.8. The summed E-state index contributed by atoms with van der Waals surface area (Å²) in [6.45, 7) is 10.1. The Bertz CT molecular complexity index is 745. The number of aryl methyl sites for hydroxylation is 1. The topological polar surface area (TPSA) is 67.8 Å². The SMILES string of the molecule is CCOc1ccc(C(C)NC(=NC)NCCc2ncc(C)s2)cc1OCC. The van der Waals surface area contributed by atoms with Crippen LogP contribution in [0, 0.1) is 6.92 Å². The van der Waals surface area contributed by atoms with Gasteiger partial charge in [-0.25, -0.2) is 4.98 Å². The number of thiazole rings is 1. The Morgan fingerprint density at radius 1 is 1.22 bits per heavy atom. The van der Waals surface area contributed by atoms with Gasteiger partial charge in [0.1, 0.15) is 0 Å². The van der Waals surface area contributed by atoms with Crippen LogP contribution >= 0.6 is 11.3 Å². The lowest BCUT2D eigenvalue weighted by atomic mass is 10.1. The summed E-state index contributed by atoms with van der Waals surface area (Å²) < 4.78 is 11.4. The molecule has 1 aromatic heterocycles. The van der Waals surface area contributed by atoms with Crippen LogP contribution in [0.25, 0.3) is 0 Å².